The summed E-state index contributed by atoms with van der Waals surface area (Å²) in [5.41, 5.74) is 5.98. The second-order valence-electron chi connectivity index (χ2n) is 3.29. The Morgan fingerprint density at radius 2 is 1.82 bits per heavy atom. The molecule has 1 aromatic rings. The number of nitrogens with one attached hydrogen (secondary N) is 3. The highest BCUT2D eigenvalue weighted by molar-refractivity contribution is 5.90. The van der Waals surface area contributed by atoms with Crippen LogP contribution in [0, 0.1) is 6.92 Å². The summed E-state index contributed by atoms with van der Waals surface area (Å²) in [6, 6.07) is 6.73. The third kappa shape index (κ3) is 4.87. The van der Waals surface area contributed by atoms with Crippen LogP contribution < -0.4 is 16.2 Å². The number of hydrogen-bond donors (Lipinski definition) is 3. The third-order valence-electron chi connectivity index (χ3n) is 1.86. The predicted molar refractivity (Wildman–Crippen MR) is 63.5 cm³/mol. The molecule has 0 radical (unpaired) electrons. The van der Waals surface area contributed by atoms with Crippen molar-refractivity contribution >= 4 is 17.8 Å². The van der Waals surface area contributed by atoms with Gasteiger partial charge in [0.2, 0.25) is 0 Å². The fraction of sp³-hybridized carbons (Fsp3) is 0.273. The van der Waals surface area contributed by atoms with Gasteiger partial charge in [-0.2, -0.15) is 0 Å². The lowest BCUT2D eigenvalue weighted by molar-refractivity contribution is 0.148. The monoisotopic (exact) mass is 237 g/mol. The van der Waals surface area contributed by atoms with Crippen LogP contribution in [0.15, 0.2) is 24.3 Å². The summed E-state index contributed by atoms with van der Waals surface area (Å²) in [5, 5.41) is 2.55. The number of ether oxygens (including phenoxy) is 1. The van der Waals surface area contributed by atoms with Crippen LogP contribution in [0.3, 0.4) is 0 Å². The molecule has 0 aromatic heterocycles. The minimum Gasteiger partial charge on any atom is -0.449 e. The molecular formula is C11H15N3O3. The van der Waals surface area contributed by atoms with Crippen molar-refractivity contribution in [3.8, 4) is 0 Å². The van der Waals surface area contributed by atoms with Crippen molar-refractivity contribution in [1.82, 2.24) is 10.9 Å². The van der Waals surface area contributed by atoms with Gasteiger partial charge in [-0.1, -0.05) is 17.7 Å². The molecule has 0 fully saturated rings. The largest absolute Gasteiger partial charge is 0.449 e. The van der Waals surface area contributed by atoms with Gasteiger partial charge in [-0.25, -0.2) is 20.4 Å². The number of urea groups is 1. The van der Waals surface area contributed by atoms with E-state index in [4.69, 9.17) is 0 Å². The normalized spacial score (nSPS) is 9.29. The van der Waals surface area contributed by atoms with Crippen LogP contribution in [-0.4, -0.2) is 18.7 Å². The Labute approximate surface area is 99.3 Å². The molecule has 0 saturated carbocycles. The smallest absolute Gasteiger partial charge is 0.426 e. The third-order valence-corrected chi connectivity index (χ3v) is 1.86. The zero-order chi connectivity index (χ0) is 12.7. The van der Waals surface area contributed by atoms with E-state index in [2.05, 4.69) is 20.9 Å². The Balaban J connectivity index is 2.34. The first-order valence-electron chi connectivity index (χ1n) is 5.18. The summed E-state index contributed by atoms with van der Waals surface area (Å²) in [7, 11) is 0. The van der Waals surface area contributed by atoms with E-state index in [9.17, 15) is 9.59 Å². The molecule has 0 saturated heterocycles. The lowest BCUT2D eigenvalue weighted by Crippen LogP contribution is -2.44. The van der Waals surface area contributed by atoms with Gasteiger partial charge in [-0.05, 0) is 26.0 Å². The molecule has 3 N–H and O–H groups in total. The van der Waals surface area contributed by atoms with Crippen LogP contribution >= 0.6 is 0 Å². The molecule has 6 nitrogen and oxygen atoms in total. The SMILES string of the molecule is CCOC(=O)NNC(=O)Nc1ccc(C)cc1. The van der Waals surface area contributed by atoms with E-state index in [0.29, 0.717) is 5.69 Å². The van der Waals surface area contributed by atoms with Gasteiger partial charge in [0.15, 0.2) is 0 Å². The van der Waals surface area contributed by atoms with Crippen LogP contribution in [0.4, 0.5) is 15.3 Å². The maximum absolute atomic E-state index is 11.3. The van der Waals surface area contributed by atoms with E-state index < -0.39 is 12.1 Å². The van der Waals surface area contributed by atoms with Gasteiger partial charge >= 0.3 is 12.1 Å². The summed E-state index contributed by atoms with van der Waals surface area (Å²) in [6.07, 6.45) is -0.702. The fourth-order valence-corrected chi connectivity index (χ4v) is 1.07. The molecule has 1 aromatic carbocycles. The van der Waals surface area contributed by atoms with Gasteiger partial charge < -0.3 is 10.1 Å². The Hall–Kier alpha value is -2.24. The molecule has 92 valence electrons. The van der Waals surface area contributed by atoms with Crippen LogP contribution in [-0.2, 0) is 4.74 Å². The highest BCUT2D eigenvalue weighted by atomic mass is 16.6. The van der Waals surface area contributed by atoms with E-state index in [1.807, 2.05) is 19.1 Å². The molecule has 0 aliphatic heterocycles. The minimum absolute atomic E-state index is 0.243. The van der Waals surface area contributed by atoms with Crippen LogP contribution in [0.5, 0.6) is 0 Å². The maximum atomic E-state index is 11.3. The van der Waals surface area contributed by atoms with Gasteiger partial charge in [0.1, 0.15) is 0 Å². The molecule has 0 aliphatic rings. The fourth-order valence-electron chi connectivity index (χ4n) is 1.07. The molecule has 0 heterocycles. The van der Waals surface area contributed by atoms with Crippen LogP contribution in [0.1, 0.15) is 12.5 Å². The Kier molecular flexibility index (Phi) is 4.80. The van der Waals surface area contributed by atoms with Crippen LogP contribution in [0.2, 0.25) is 0 Å². The van der Waals surface area contributed by atoms with E-state index in [1.165, 1.54) is 0 Å². The highest BCUT2D eigenvalue weighted by Crippen LogP contribution is 2.07. The van der Waals surface area contributed by atoms with Crippen molar-refractivity contribution in [1.29, 1.82) is 0 Å². The summed E-state index contributed by atoms with van der Waals surface area (Å²) < 4.78 is 4.57. The van der Waals surface area contributed by atoms with Crippen molar-refractivity contribution in [2.45, 2.75) is 13.8 Å². The summed E-state index contributed by atoms with van der Waals surface area (Å²) in [5.74, 6) is 0. The summed E-state index contributed by atoms with van der Waals surface area (Å²) in [4.78, 5) is 22.2. The number of hydrogen-bond acceptors (Lipinski definition) is 3. The van der Waals surface area contributed by atoms with Crippen molar-refractivity contribution in [3.63, 3.8) is 0 Å². The van der Waals surface area contributed by atoms with Gasteiger partial charge in [0.05, 0.1) is 6.61 Å². The number of hydrazine groups is 1. The van der Waals surface area contributed by atoms with E-state index in [0.717, 1.165) is 5.56 Å². The quantitative estimate of drug-likeness (QED) is 0.686. The molecule has 0 bridgehead atoms. The number of aryl methyl sites for hydroxylation is 1. The first-order valence-corrected chi connectivity index (χ1v) is 5.18. The zero-order valence-corrected chi connectivity index (χ0v) is 9.74. The summed E-state index contributed by atoms with van der Waals surface area (Å²) >= 11 is 0. The number of carbonyl (C=O) groups excluding carboxylic acids is 2. The minimum atomic E-state index is -0.702. The molecular weight excluding hydrogens is 222 g/mol. The van der Waals surface area contributed by atoms with Gasteiger partial charge in [-0.3, -0.25) is 0 Å². The Bertz CT molecular complexity index is 389. The number of carbonyl (C=O) groups is 2. The second-order valence-corrected chi connectivity index (χ2v) is 3.29. The lowest BCUT2D eigenvalue weighted by atomic mass is 10.2. The molecule has 17 heavy (non-hydrogen) atoms. The zero-order valence-electron chi connectivity index (χ0n) is 9.74. The van der Waals surface area contributed by atoms with Gasteiger partial charge in [0.25, 0.3) is 0 Å². The average Bonchev–Trinajstić information content (AvgIpc) is 2.30. The predicted octanol–water partition coefficient (Wildman–Crippen LogP) is 1.78. The Morgan fingerprint density at radius 1 is 1.18 bits per heavy atom. The van der Waals surface area contributed by atoms with Gasteiger partial charge in [-0.15, -0.1) is 0 Å². The topological polar surface area (TPSA) is 79.5 Å². The molecule has 0 aliphatic carbocycles. The van der Waals surface area contributed by atoms with Crippen molar-refractivity contribution < 1.29 is 14.3 Å². The average molecular weight is 237 g/mol. The number of benzene rings is 1. The van der Waals surface area contributed by atoms with Crippen molar-refractivity contribution in [2.24, 2.45) is 0 Å². The highest BCUT2D eigenvalue weighted by Gasteiger charge is 2.03. The molecule has 6 heteroatoms. The number of amides is 3. The summed E-state index contributed by atoms with van der Waals surface area (Å²) in [6.45, 7) is 3.87. The molecule has 3 amide bonds. The maximum Gasteiger partial charge on any atom is 0.426 e. The van der Waals surface area contributed by atoms with E-state index in [1.54, 1.807) is 19.1 Å². The van der Waals surface area contributed by atoms with Gasteiger partial charge in [0, 0.05) is 5.69 Å². The first-order chi connectivity index (χ1) is 8.11. The van der Waals surface area contributed by atoms with Crippen LogP contribution in [0.25, 0.3) is 0 Å². The van der Waals surface area contributed by atoms with Crippen molar-refractivity contribution in [2.75, 3.05) is 11.9 Å². The van der Waals surface area contributed by atoms with Crippen molar-refractivity contribution in [3.05, 3.63) is 29.8 Å². The lowest BCUT2D eigenvalue weighted by Gasteiger charge is -2.08. The van der Waals surface area contributed by atoms with E-state index >= 15 is 0 Å². The standard InChI is InChI=1S/C11H15N3O3/c1-3-17-11(16)14-13-10(15)12-9-6-4-8(2)5-7-9/h4-7H,3H2,1-2H3,(H,14,16)(H2,12,13,15). The first kappa shape index (κ1) is 12.8. The van der Waals surface area contributed by atoms with E-state index in [-0.39, 0.29) is 6.61 Å². The second kappa shape index (κ2) is 6.37. The number of rotatable bonds is 2. The molecule has 0 spiro atoms. The Morgan fingerprint density at radius 3 is 2.41 bits per heavy atom. The molecule has 1 rings (SSSR count). The number of anilines is 1. The molecule has 0 unspecified atom stereocenters. The molecule has 0 atom stereocenters.